The lowest BCUT2D eigenvalue weighted by Gasteiger charge is -1.89. The molecule has 5 heteroatoms. The van der Waals surface area contributed by atoms with Gasteiger partial charge in [0.1, 0.15) is 0 Å². The quantitative estimate of drug-likeness (QED) is 0.521. The number of nitrogens with zero attached hydrogens (tertiary/aromatic N) is 2. The fourth-order valence-electron chi connectivity index (χ4n) is 0.337. The van der Waals surface area contributed by atoms with Gasteiger partial charge in [-0.1, -0.05) is 0 Å². The van der Waals surface area contributed by atoms with Crippen LogP contribution in [0.1, 0.15) is 0 Å². The molecule has 3 nitrogen and oxygen atoms in total. The summed E-state index contributed by atoms with van der Waals surface area (Å²) in [6, 6.07) is 0. The van der Waals surface area contributed by atoms with Crippen LogP contribution in [0.15, 0.2) is 6.20 Å². The molecule has 0 saturated heterocycles. The van der Waals surface area contributed by atoms with E-state index in [1.807, 2.05) is 0 Å². The van der Waals surface area contributed by atoms with E-state index in [2.05, 4.69) is 9.97 Å². The first-order valence-electron chi connectivity index (χ1n) is 2.07. The Morgan fingerprint density at radius 3 is 2.56 bits per heavy atom. The van der Waals surface area contributed by atoms with Crippen molar-refractivity contribution in [3.8, 4) is 5.88 Å². The zero-order valence-corrected chi connectivity index (χ0v) is 4.17. The summed E-state index contributed by atoms with van der Waals surface area (Å²) in [6.45, 7) is 0. The van der Waals surface area contributed by atoms with Crippen LogP contribution >= 0.6 is 0 Å². The molecule has 1 aromatic heterocycles. The maximum absolute atomic E-state index is 12.0. The van der Waals surface area contributed by atoms with E-state index >= 15 is 0 Å². The molecule has 0 bridgehead atoms. The molecule has 0 atom stereocenters. The summed E-state index contributed by atoms with van der Waals surface area (Å²) < 4.78 is 23.8. The fourth-order valence-corrected chi connectivity index (χ4v) is 0.337. The molecule has 0 fully saturated rings. The standard InChI is InChI=1S/C4H2F2N2O/c5-2-1-7-4(6)8-3(2)9/h1H,(H,7,8,9). The predicted octanol–water partition coefficient (Wildman–Crippen LogP) is 0.460. The minimum Gasteiger partial charge on any atom is -0.491 e. The van der Waals surface area contributed by atoms with Crippen molar-refractivity contribution in [1.29, 1.82) is 0 Å². The maximum Gasteiger partial charge on any atom is 0.312 e. The van der Waals surface area contributed by atoms with Crippen LogP contribution in [-0.2, 0) is 0 Å². The first kappa shape index (κ1) is 5.87. The number of halogens is 2. The monoisotopic (exact) mass is 132 g/mol. The van der Waals surface area contributed by atoms with E-state index in [9.17, 15) is 8.78 Å². The molecule has 0 radical (unpaired) electrons. The summed E-state index contributed by atoms with van der Waals surface area (Å²) >= 11 is 0. The Bertz CT molecular complexity index is 228. The summed E-state index contributed by atoms with van der Waals surface area (Å²) in [5.41, 5.74) is 0. The Balaban J connectivity index is 3.17. The Hall–Kier alpha value is -1.26. The summed E-state index contributed by atoms with van der Waals surface area (Å²) in [4.78, 5) is 5.50. The lowest BCUT2D eigenvalue weighted by molar-refractivity contribution is 0.385. The second kappa shape index (κ2) is 1.93. The Morgan fingerprint density at radius 1 is 1.44 bits per heavy atom. The molecule has 0 spiro atoms. The summed E-state index contributed by atoms with van der Waals surface area (Å²) in [6.07, 6.45) is -0.591. The van der Waals surface area contributed by atoms with E-state index in [1.54, 1.807) is 0 Å². The smallest absolute Gasteiger partial charge is 0.312 e. The van der Waals surface area contributed by atoms with Crippen LogP contribution < -0.4 is 0 Å². The van der Waals surface area contributed by atoms with Gasteiger partial charge in [0.05, 0.1) is 6.20 Å². The second-order valence-electron chi connectivity index (χ2n) is 1.31. The molecular weight excluding hydrogens is 130 g/mol. The fraction of sp³-hybridized carbons (Fsp3) is 0. The first-order chi connectivity index (χ1) is 4.20. The molecule has 0 aromatic carbocycles. The number of hydrogen-bond donors (Lipinski definition) is 1. The van der Waals surface area contributed by atoms with Crippen LogP contribution in [0.2, 0.25) is 0 Å². The van der Waals surface area contributed by atoms with Gasteiger partial charge in [-0.3, -0.25) is 0 Å². The highest BCUT2D eigenvalue weighted by Gasteiger charge is 2.01. The molecule has 0 aliphatic rings. The van der Waals surface area contributed by atoms with E-state index in [1.165, 1.54) is 0 Å². The van der Waals surface area contributed by atoms with Crippen molar-refractivity contribution in [3.05, 3.63) is 18.1 Å². The van der Waals surface area contributed by atoms with Crippen LogP contribution in [0.25, 0.3) is 0 Å². The van der Waals surface area contributed by atoms with E-state index in [4.69, 9.17) is 5.11 Å². The van der Waals surface area contributed by atoms with Crippen LogP contribution in [0, 0.1) is 11.9 Å². The van der Waals surface area contributed by atoms with Gasteiger partial charge in [0.25, 0.3) is 5.88 Å². The minimum absolute atomic E-state index is 0.553. The summed E-state index contributed by atoms with van der Waals surface area (Å²) in [5, 5.41) is 8.33. The Morgan fingerprint density at radius 2 is 2.11 bits per heavy atom. The first-order valence-corrected chi connectivity index (χ1v) is 2.07. The van der Waals surface area contributed by atoms with Gasteiger partial charge in [0.2, 0.25) is 5.82 Å². The molecule has 48 valence electrons. The predicted molar refractivity (Wildman–Crippen MR) is 23.6 cm³/mol. The Kier molecular flexibility index (Phi) is 1.26. The molecule has 9 heavy (non-hydrogen) atoms. The average Bonchev–Trinajstić information content (AvgIpc) is 1.80. The zero-order chi connectivity index (χ0) is 6.85. The molecule has 1 rings (SSSR count). The summed E-state index contributed by atoms with van der Waals surface area (Å²) in [5.74, 6) is -2.00. The van der Waals surface area contributed by atoms with Crippen LogP contribution in [0.4, 0.5) is 8.78 Å². The van der Waals surface area contributed by atoms with Gasteiger partial charge >= 0.3 is 6.08 Å². The molecular formula is C4H2F2N2O. The van der Waals surface area contributed by atoms with Gasteiger partial charge in [-0.05, 0) is 0 Å². The van der Waals surface area contributed by atoms with Crippen molar-refractivity contribution < 1.29 is 13.9 Å². The SMILES string of the molecule is Oc1nc(F)ncc1F. The van der Waals surface area contributed by atoms with Crippen molar-refractivity contribution in [1.82, 2.24) is 9.97 Å². The zero-order valence-electron chi connectivity index (χ0n) is 4.17. The molecule has 0 unspecified atom stereocenters. The number of rotatable bonds is 0. The minimum atomic E-state index is -1.14. The third-order valence-electron chi connectivity index (χ3n) is 0.696. The van der Waals surface area contributed by atoms with Gasteiger partial charge in [0.15, 0.2) is 0 Å². The highest BCUT2D eigenvalue weighted by molar-refractivity contribution is 5.05. The van der Waals surface area contributed by atoms with Crippen molar-refractivity contribution in [2.24, 2.45) is 0 Å². The third-order valence-corrected chi connectivity index (χ3v) is 0.696. The van der Waals surface area contributed by atoms with Gasteiger partial charge in [-0.15, -0.1) is 0 Å². The maximum atomic E-state index is 12.0. The molecule has 1 aromatic rings. The average molecular weight is 132 g/mol. The molecule has 1 heterocycles. The molecule has 1 N–H and O–H groups in total. The lowest BCUT2D eigenvalue weighted by atomic mass is 10.6. The van der Waals surface area contributed by atoms with Gasteiger partial charge < -0.3 is 5.11 Å². The van der Waals surface area contributed by atoms with Crippen molar-refractivity contribution in [3.63, 3.8) is 0 Å². The van der Waals surface area contributed by atoms with E-state index in [0.29, 0.717) is 6.20 Å². The van der Waals surface area contributed by atoms with Crippen LogP contribution in [-0.4, -0.2) is 15.1 Å². The highest BCUT2D eigenvalue weighted by Crippen LogP contribution is 2.07. The topological polar surface area (TPSA) is 46.0 Å². The number of aromatic nitrogens is 2. The highest BCUT2D eigenvalue weighted by atomic mass is 19.1. The van der Waals surface area contributed by atoms with Crippen LogP contribution in [0.5, 0.6) is 5.88 Å². The number of hydrogen-bond acceptors (Lipinski definition) is 3. The normalized spacial score (nSPS) is 9.56. The lowest BCUT2D eigenvalue weighted by Crippen LogP contribution is -1.89. The molecule has 0 amide bonds. The van der Waals surface area contributed by atoms with Crippen molar-refractivity contribution in [2.45, 2.75) is 0 Å². The van der Waals surface area contributed by atoms with Crippen molar-refractivity contribution in [2.75, 3.05) is 0 Å². The number of aromatic hydroxyl groups is 1. The van der Waals surface area contributed by atoms with E-state index in [-0.39, 0.29) is 0 Å². The molecule has 0 aliphatic heterocycles. The molecule has 0 saturated carbocycles. The second-order valence-corrected chi connectivity index (χ2v) is 1.31. The van der Waals surface area contributed by atoms with Gasteiger partial charge in [0, 0.05) is 0 Å². The van der Waals surface area contributed by atoms with Gasteiger partial charge in [-0.25, -0.2) is 4.98 Å². The van der Waals surface area contributed by atoms with Gasteiger partial charge in [-0.2, -0.15) is 13.8 Å². The van der Waals surface area contributed by atoms with Crippen molar-refractivity contribution >= 4 is 0 Å². The molecule has 0 aliphatic carbocycles. The van der Waals surface area contributed by atoms with E-state index < -0.39 is 17.8 Å². The van der Waals surface area contributed by atoms with Crippen LogP contribution in [0.3, 0.4) is 0 Å². The Labute approximate surface area is 49.0 Å². The van der Waals surface area contributed by atoms with E-state index in [0.717, 1.165) is 0 Å². The largest absolute Gasteiger partial charge is 0.491 e. The summed E-state index contributed by atoms with van der Waals surface area (Å²) in [7, 11) is 0. The third kappa shape index (κ3) is 1.10.